The lowest BCUT2D eigenvalue weighted by Crippen LogP contribution is -2.62. The number of carbonyl (C=O) groups is 3. The Balaban J connectivity index is 1.14. The molecule has 0 bridgehead atoms. The topological polar surface area (TPSA) is 92.4 Å². The molecule has 1 aromatic heterocycles. The Bertz CT molecular complexity index is 1230. The number of rotatable bonds is 5. The molecule has 4 heterocycles. The number of amidine groups is 1. The minimum Gasteiger partial charge on any atom is -0.337 e. The van der Waals surface area contributed by atoms with Gasteiger partial charge >= 0.3 is 6.03 Å². The molecule has 12 heteroatoms. The van der Waals surface area contributed by atoms with E-state index >= 15 is 0 Å². The van der Waals surface area contributed by atoms with Crippen LogP contribution < -0.4 is 0 Å². The van der Waals surface area contributed by atoms with E-state index in [0.717, 1.165) is 21.2 Å². The molecule has 0 spiro atoms. The van der Waals surface area contributed by atoms with Crippen molar-refractivity contribution >= 4 is 41.4 Å². The Hall–Kier alpha value is -3.51. The molecule has 1 unspecified atom stereocenters. The van der Waals surface area contributed by atoms with Gasteiger partial charge < -0.3 is 4.90 Å². The van der Waals surface area contributed by atoms with Crippen LogP contribution in [0.4, 0.5) is 9.18 Å². The highest BCUT2D eigenvalue weighted by atomic mass is 32.1. The van der Waals surface area contributed by atoms with Crippen LogP contribution in [-0.2, 0) is 16.1 Å². The number of aliphatic imine (C=N–C) groups is 1. The first-order chi connectivity index (χ1) is 16.8. The lowest BCUT2D eigenvalue weighted by atomic mass is 10.1. The molecule has 35 heavy (non-hydrogen) atoms. The van der Waals surface area contributed by atoms with Crippen LogP contribution in [0.15, 0.2) is 34.6 Å². The largest absolute Gasteiger partial charge is 0.337 e. The number of halogens is 1. The van der Waals surface area contributed by atoms with Gasteiger partial charge in [-0.3, -0.25) is 24.3 Å². The summed E-state index contributed by atoms with van der Waals surface area (Å²) in [6.07, 6.45) is 1.47. The maximum absolute atomic E-state index is 13.2. The van der Waals surface area contributed by atoms with Crippen molar-refractivity contribution in [2.24, 2.45) is 4.99 Å². The predicted octanol–water partition coefficient (Wildman–Crippen LogP) is 0.939. The van der Waals surface area contributed by atoms with E-state index in [4.69, 9.17) is 0 Å². The number of fused-ring (bicyclic) bond motifs is 1. The molecular weight excluding hydrogens is 473 g/mol. The van der Waals surface area contributed by atoms with Gasteiger partial charge in [0.2, 0.25) is 0 Å². The highest BCUT2D eigenvalue weighted by Gasteiger charge is 2.51. The standard InChI is InChI=1S/C23H25FN7O3S/c1-27-21-20(22(33)28(2)23(27)34)31(14-25-21)12-19(32)30-9-7-29(8-10-30)11-18-26-17(13-35-18)15-3-5-16(24)6-4-15/h3-6,13-14,20H,7-12H2,1-2H3/q+1. The number of nitrogens with zero attached hydrogens (tertiary/aromatic N) is 7. The lowest BCUT2D eigenvalue weighted by molar-refractivity contribution is -0.520. The molecule has 0 N–H and O–H groups in total. The fourth-order valence-corrected chi connectivity index (χ4v) is 5.26. The maximum Gasteiger partial charge on any atom is 0.333 e. The molecule has 10 nitrogen and oxygen atoms in total. The predicted molar refractivity (Wildman–Crippen MR) is 128 cm³/mol. The molecule has 0 saturated carbocycles. The van der Waals surface area contributed by atoms with E-state index in [1.54, 1.807) is 40.0 Å². The third-order valence-electron chi connectivity index (χ3n) is 6.49. The number of amides is 4. The number of likely N-dealkylation sites (N-methyl/N-ethyl adjacent to an activating group) is 2. The molecule has 3 aliphatic heterocycles. The second kappa shape index (κ2) is 9.27. The van der Waals surface area contributed by atoms with Crippen molar-refractivity contribution in [3.05, 3.63) is 40.5 Å². The fourth-order valence-electron chi connectivity index (χ4n) is 4.41. The van der Waals surface area contributed by atoms with Crippen LogP contribution in [0.3, 0.4) is 0 Å². The fraction of sp³-hybridized carbons (Fsp3) is 0.391. The van der Waals surface area contributed by atoms with Crippen molar-refractivity contribution < 1.29 is 23.3 Å². The van der Waals surface area contributed by atoms with Crippen molar-refractivity contribution in [2.45, 2.75) is 12.6 Å². The third-order valence-corrected chi connectivity index (χ3v) is 7.32. The SMILES string of the molecule is CN1C(=O)C2C(=NC=[N+]2CC(=O)N2CCN(Cc3nc(-c4ccc(F)cc4)cs3)CC2)N(C)C1=O. The number of hydrogen-bond donors (Lipinski definition) is 0. The number of carbonyl (C=O) groups excluding carboxylic acids is 3. The smallest absolute Gasteiger partial charge is 0.333 e. The summed E-state index contributed by atoms with van der Waals surface area (Å²) in [6, 6.07) is 5.11. The van der Waals surface area contributed by atoms with Crippen LogP contribution in [0.2, 0.25) is 0 Å². The van der Waals surface area contributed by atoms with E-state index in [0.29, 0.717) is 38.6 Å². The summed E-state index contributed by atoms with van der Waals surface area (Å²) in [6.45, 7) is 3.29. The van der Waals surface area contributed by atoms with Gasteiger partial charge in [0.1, 0.15) is 10.8 Å². The average molecular weight is 499 g/mol. The number of benzene rings is 1. The summed E-state index contributed by atoms with van der Waals surface area (Å²) in [4.78, 5) is 53.0. The van der Waals surface area contributed by atoms with Crippen LogP contribution in [0, 0.1) is 5.82 Å². The molecule has 1 atom stereocenters. The minimum atomic E-state index is -0.756. The van der Waals surface area contributed by atoms with E-state index < -0.39 is 12.1 Å². The van der Waals surface area contributed by atoms with Gasteiger partial charge in [0.05, 0.1) is 12.2 Å². The third kappa shape index (κ3) is 4.46. The van der Waals surface area contributed by atoms with E-state index in [2.05, 4.69) is 14.9 Å². The highest BCUT2D eigenvalue weighted by molar-refractivity contribution is 7.09. The molecule has 3 aliphatic rings. The Morgan fingerprint density at radius 3 is 2.54 bits per heavy atom. The lowest BCUT2D eigenvalue weighted by Gasteiger charge is -2.34. The quantitative estimate of drug-likeness (QED) is 0.573. The van der Waals surface area contributed by atoms with Crippen molar-refractivity contribution in [1.82, 2.24) is 24.6 Å². The van der Waals surface area contributed by atoms with Crippen LogP contribution in [0.25, 0.3) is 11.3 Å². The van der Waals surface area contributed by atoms with Crippen molar-refractivity contribution in [3.63, 3.8) is 0 Å². The molecule has 0 radical (unpaired) electrons. The molecule has 5 rings (SSSR count). The summed E-state index contributed by atoms with van der Waals surface area (Å²) in [5.41, 5.74) is 1.71. The molecular formula is C23H25FN7O3S+. The number of aromatic nitrogens is 1. The Morgan fingerprint density at radius 2 is 1.83 bits per heavy atom. The Labute approximate surface area is 205 Å². The Kier molecular flexibility index (Phi) is 6.15. The number of hydrogen-bond acceptors (Lipinski definition) is 7. The van der Waals surface area contributed by atoms with Crippen LogP contribution in [0.5, 0.6) is 0 Å². The first-order valence-electron chi connectivity index (χ1n) is 11.2. The van der Waals surface area contributed by atoms with Crippen LogP contribution in [-0.4, -0.2) is 112 Å². The van der Waals surface area contributed by atoms with Gasteiger partial charge in [-0.25, -0.2) is 18.7 Å². The van der Waals surface area contributed by atoms with Gasteiger partial charge in [0.15, 0.2) is 6.54 Å². The van der Waals surface area contributed by atoms with Crippen LogP contribution >= 0.6 is 11.3 Å². The zero-order chi connectivity index (χ0) is 24.7. The molecule has 4 amide bonds. The van der Waals surface area contributed by atoms with Gasteiger partial charge in [-0.1, -0.05) is 0 Å². The summed E-state index contributed by atoms with van der Waals surface area (Å²) in [7, 11) is 3.00. The summed E-state index contributed by atoms with van der Waals surface area (Å²) in [5, 5.41) is 2.94. The van der Waals surface area contributed by atoms with Crippen molar-refractivity contribution in [2.75, 3.05) is 46.8 Å². The normalized spacial score (nSPS) is 20.8. The molecule has 1 aromatic carbocycles. The Morgan fingerprint density at radius 1 is 1.11 bits per heavy atom. The zero-order valence-electron chi connectivity index (χ0n) is 19.4. The highest BCUT2D eigenvalue weighted by Crippen LogP contribution is 2.23. The average Bonchev–Trinajstić information content (AvgIpc) is 3.50. The van der Waals surface area contributed by atoms with E-state index in [-0.39, 0.29) is 24.2 Å². The molecule has 2 fully saturated rings. The summed E-state index contributed by atoms with van der Waals surface area (Å²) < 4.78 is 14.8. The first kappa shape index (κ1) is 23.2. The van der Waals surface area contributed by atoms with Gasteiger partial charge in [-0.15, -0.1) is 11.3 Å². The van der Waals surface area contributed by atoms with Crippen LogP contribution in [0.1, 0.15) is 5.01 Å². The monoisotopic (exact) mass is 498 g/mol. The minimum absolute atomic E-state index is 0.0206. The zero-order valence-corrected chi connectivity index (χ0v) is 20.2. The maximum atomic E-state index is 13.2. The van der Waals surface area contributed by atoms with E-state index in [9.17, 15) is 18.8 Å². The second-order valence-corrected chi connectivity index (χ2v) is 9.65. The number of urea groups is 1. The summed E-state index contributed by atoms with van der Waals surface area (Å²) >= 11 is 1.57. The molecule has 182 valence electrons. The molecule has 2 aromatic rings. The second-order valence-electron chi connectivity index (χ2n) is 8.71. The first-order valence-corrected chi connectivity index (χ1v) is 12.1. The summed E-state index contributed by atoms with van der Waals surface area (Å²) in [5.74, 6) is -0.395. The number of thiazole rings is 1. The number of imide groups is 1. The van der Waals surface area contributed by atoms with Crippen molar-refractivity contribution in [3.8, 4) is 11.3 Å². The van der Waals surface area contributed by atoms with E-state index in [1.807, 2.05) is 5.38 Å². The van der Waals surface area contributed by atoms with Gasteiger partial charge in [-0.2, -0.15) is 0 Å². The molecule has 0 aliphatic carbocycles. The van der Waals surface area contributed by atoms with Crippen molar-refractivity contribution in [1.29, 1.82) is 0 Å². The molecule has 2 saturated heterocycles. The van der Waals surface area contributed by atoms with E-state index in [1.165, 1.54) is 30.4 Å². The number of piperazine rings is 1. The van der Waals surface area contributed by atoms with Gasteiger partial charge in [-0.05, 0) is 29.3 Å². The van der Waals surface area contributed by atoms with Gasteiger partial charge in [0, 0.05) is 51.2 Å². The van der Waals surface area contributed by atoms with Gasteiger partial charge in [0.25, 0.3) is 30.0 Å².